The lowest BCUT2D eigenvalue weighted by atomic mass is 9.87. The summed E-state index contributed by atoms with van der Waals surface area (Å²) in [5.41, 5.74) is 2.10. The third kappa shape index (κ3) is 11.7. The van der Waals surface area contributed by atoms with Crippen molar-refractivity contribution in [2.24, 2.45) is 11.8 Å². The van der Waals surface area contributed by atoms with E-state index in [-0.39, 0.29) is 11.8 Å². The molecule has 0 aliphatic heterocycles. The first-order valence-corrected chi connectivity index (χ1v) is 18.8. The van der Waals surface area contributed by atoms with E-state index in [9.17, 15) is 19.5 Å². The largest absolute Gasteiger partial charge is 0.461 e. The molecule has 9 nitrogen and oxygen atoms in total. The van der Waals surface area contributed by atoms with Gasteiger partial charge in [-0.3, -0.25) is 9.59 Å². The summed E-state index contributed by atoms with van der Waals surface area (Å²) in [7, 11) is 1.75. The van der Waals surface area contributed by atoms with Gasteiger partial charge in [-0.15, -0.1) is 0 Å². The van der Waals surface area contributed by atoms with Gasteiger partial charge in [0, 0.05) is 19.5 Å². The monoisotopic (exact) mass is 726 g/mol. The molecule has 4 rings (SSSR count). The number of rotatable bonds is 18. The fraction of sp³-hybridized carbons (Fsp3) is 0.429. The van der Waals surface area contributed by atoms with Crippen LogP contribution in [0.4, 0.5) is 0 Å². The molecule has 5 N–H and O–H groups in total. The highest BCUT2D eigenvalue weighted by molar-refractivity contribution is 7.80. The highest BCUT2D eigenvalue weighted by Crippen LogP contribution is 2.27. The molecule has 0 aliphatic rings. The average molecular weight is 727 g/mol. The smallest absolute Gasteiger partial charge is 0.337 e. The van der Waals surface area contributed by atoms with Crippen LogP contribution >= 0.6 is 12.2 Å². The van der Waals surface area contributed by atoms with Crippen LogP contribution < -0.4 is 21.3 Å². The zero-order chi connectivity index (χ0) is 37.6. The molecule has 0 saturated carbocycles. The van der Waals surface area contributed by atoms with Crippen molar-refractivity contribution in [1.29, 1.82) is 0 Å². The molecule has 3 unspecified atom stereocenters. The zero-order valence-corrected chi connectivity index (χ0v) is 31.8. The fourth-order valence-corrected chi connectivity index (χ4v) is 6.68. The number of aliphatic hydroxyl groups excluding tert-OH is 1. The minimum absolute atomic E-state index is 0.0627. The second kappa shape index (κ2) is 19.9. The highest BCUT2D eigenvalue weighted by Gasteiger charge is 2.33. The standard InChI is InChI=1S/C42H54N4O5S/c1-27(2)24-37(38(47)41(50)51-28(3)4)46-40(49)36(22-10-11-23-44-42(52)43-5)45-39(48)33(25-31-18-12-16-29-14-6-8-20-34(29)31)26-32-19-13-17-30-15-7-9-21-35(30)32/h6-9,12-21,27-28,33,36-38,47H,10-11,22-26H2,1-5H3,(H,45,48)(H,46,49)(H2,43,44,52). The molecule has 10 heteroatoms. The van der Waals surface area contributed by atoms with Crippen molar-refractivity contribution in [2.75, 3.05) is 13.6 Å². The fourth-order valence-electron chi connectivity index (χ4n) is 6.58. The van der Waals surface area contributed by atoms with Crippen LogP contribution in [0.3, 0.4) is 0 Å². The molecular weight excluding hydrogens is 673 g/mol. The molecule has 4 aromatic rings. The average Bonchev–Trinajstić information content (AvgIpc) is 3.12. The van der Waals surface area contributed by atoms with E-state index in [0.717, 1.165) is 32.7 Å². The number of aliphatic hydroxyl groups is 1. The molecule has 3 atom stereocenters. The topological polar surface area (TPSA) is 129 Å². The van der Waals surface area contributed by atoms with Crippen molar-refractivity contribution < 1.29 is 24.2 Å². The molecule has 0 heterocycles. The Kier molecular flexibility index (Phi) is 15.4. The van der Waals surface area contributed by atoms with E-state index in [1.165, 1.54) is 0 Å². The van der Waals surface area contributed by atoms with E-state index in [4.69, 9.17) is 17.0 Å². The predicted molar refractivity (Wildman–Crippen MR) is 213 cm³/mol. The number of hydrogen-bond acceptors (Lipinski definition) is 6. The molecule has 0 fully saturated rings. The number of benzene rings is 4. The van der Waals surface area contributed by atoms with Crippen molar-refractivity contribution in [2.45, 2.75) is 90.5 Å². The van der Waals surface area contributed by atoms with Gasteiger partial charge < -0.3 is 31.1 Å². The van der Waals surface area contributed by atoms with Crippen LogP contribution in [0.1, 0.15) is 64.5 Å². The van der Waals surface area contributed by atoms with E-state index in [0.29, 0.717) is 50.2 Å². The number of nitrogens with one attached hydrogen (secondary N) is 4. The Hall–Kier alpha value is -4.54. The summed E-state index contributed by atoms with van der Waals surface area (Å²) >= 11 is 5.20. The molecule has 0 saturated heterocycles. The van der Waals surface area contributed by atoms with E-state index in [1.807, 2.05) is 50.2 Å². The normalized spacial score (nSPS) is 13.2. The SMILES string of the molecule is CNC(=S)NCCCCC(NC(=O)C(Cc1cccc2ccccc12)Cc1cccc2ccccc12)C(=O)NC(CC(C)C)C(O)C(=O)OC(C)C. The lowest BCUT2D eigenvalue weighted by Crippen LogP contribution is -2.55. The van der Waals surface area contributed by atoms with Gasteiger partial charge in [0.1, 0.15) is 6.04 Å². The van der Waals surface area contributed by atoms with Crippen LogP contribution in [-0.4, -0.2) is 65.9 Å². The Balaban J connectivity index is 1.64. The molecular formula is C42H54N4O5S. The summed E-state index contributed by atoms with van der Waals surface area (Å²) in [5, 5.41) is 27.9. The summed E-state index contributed by atoms with van der Waals surface area (Å²) in [6.45, 7) is 7.91. The lowest BCUT2D eigenvalue weighted by molar-refractivity contribution is -0.159. The number of fused-ring (bicyclic) bond motifs is 2. The summed E-state index contributed by atoms with van der Waals surface area (Å²) in [4.78, 5) is 41.4. The van der Waals surface area contributed by atoms with E-state index >= 15 is 0 Å². The summed E-state index contributed by atoms with van der Waals surface area (Å²) in [5.74, 6) is -1.93. The highest BCUT2D eigenvalue weighted by atomic mass is 32.1. The number of carbonyl (C=O) groups excluding carboxylic acids is 3. The lowest BCUT2D eigenvalue weighted by Gasteiger charge is -2.28. The molecule has 0 aromatic heterocycles. The molecule has 278 valence electrons. The van der Waals surface area contributed by atoms with Crippen molar-refractivity contribution >= 4 is 56.7 Å². The van der Waals surface area contributed by atoms with E-state index in [1.54, 1.807) is 20.9 Å². The maximum absolute atomic E-state index is 14.5. The number of hydrogen-bond donors (Lipinski definition) is 5. The van der Waals surface area contributed by atoms with Crippen LogP contribution in [-0.2, 0) is 32.0 Å². The van der Waals surface area contributed by atoms with E-state index in [2.05, 4.69) is 69.8 Å². The van der Waals surface area contributed by atoms with Gasteiger partial charge in [-0.25, -0.2) is 4.79 Å². The third-order valence-electron chi connectivity index (χ3n) is 9.16. The second-order valence-electron chi connectivity index (χ2n) is 14.1. The quantitative estimate of drug-likeness (QED) is 0.0481. The number of unbranched alkanes of at least 4 members (excludes halogenated alkanes) is 1. The minimum Gasteiger partial charge on any atom is -0.461 e. The van der Waals surface area contributed by atoms with E-state index < -0.39 is 42.1 Å². The van der Waals surface area contributed by atoms with Gasteiger partial charge in [-0.1, -0.05) is 98.8 Å². The minimum atomic E-state index is -1.55. The maximum atomic E-state index is 14.5. The number of esters is 1. The molecule has 0 radical (unpaired) electrons. The Bertz CT molecular complexity index is 1720. The Morgan fingerprint density at radius 1 is 0.750 bits per heavy atom. The van der Waals surface area contributed by atoms with Gasteiger partial charge in [-0.05, 0) is 103 Å². The first kappa shape index (κ1) is 40.2. The summed E-state index contributed by atoms with van der Waals surface area (Å²) < 4.78 is 5.27. The summed E-state index contributed by atoms with van der Waals surface area (Å²) in [6.07, 6.45) is 0.963. The Morgan fingerprint density at radius 3 is 1.85 bits per heavy atom. The molecule has 4 aromatic carbocycles. The third-order valence-corrected chi connectivity index (χ3v) is 9.50. The van der Waals surface area contributed by atoms with Crippen molar-refractivity contribution in [3.05, 3.63) is 96.1 Å². The Morgan fingerprint density at radius 2 is 1.31 bits per heavy atom. The predicted octanol–water partition coefficient (Wildman–Crippen LogP) is 5.99. The van der Waals surface area contributed by atoms with Gasteiger partial charge in [0.15, 0.2) is 11.2 Å². The van der Waals surface area contributed by atoms with Gasteiger partial charge in [0.2, 0.25) is 11.8 Å². The molecule has 0 bridgehead atoms. The number of amides is 2. The maximum Gasteiger partial charge on any atom is 0.337 e. The molecule has 0 aliphatic carbocycles. The first-order valence-electron chi connectivity index (χ1n) is 18.3. The van der Waals surface area contributed by atoms with Gasteiger partial charge in [0.05, 0.1) is 12.1 Å². The van der Waals surface area contributed by atoms with Crippen molar-refractivity contribution in [1.82, 2.24) is 21.3 Å². The summed E-state index contributed by atoms with van der Waals surface area (Å²) in [6, 6.07) is 26.8. The number of carbonyl (C=O) groups is 3. The van der Waals surface area contributed by atoms with Crippen LogP contribution in [0.2, 0.25) is 0 Å². The Labute approximate surface area is 313 Å². The van der Waals surface area contributed by atoms with Gasteiger partial charge in [-0.2, -0.15) is 0 Å². The molecule has 52 heavy (non-hydrogen) atoms. The van der Waals surface area contributed by atoms with Crippen LogP contribution in [0.25, 0.3) is 21.5 Å². The van der Waals surface area contributed by atoms with Gasteiger partial charge >= 0.3 is 5.97 Å². The number of ether oxygens (including phenoxy) is 1. The van der Waals surface area contributed by atoms with Crippen molar-refractivity contribution in [3.63, 3.8) is 0 Å². The van der Waals surface area contributed by atoms with Gasteiger partial charge in [0.25, 0.3) is 0 Å². The zero-order valence-electron chi connectivity index (χ0n) is 31.0. The second-order valence-corrected chi connectivity index (χ2v) is 14.5. The van der Waals surface area contributed by atoms with Crippen molar-refractivity contribution in [3.8, 4) is 0 Å². The molecule has 0 spiro atoms. The van der Waals surface area contributed by atoms with Crippen LogP contribution in [0.5, 0.6) is 0 Å². The van der Waals surface area contributed by atoms with Crippen LogP contribution in [0, 0.1) is 11.8 Å². The van der Waals surface area contributed by atoms with Crippen LogP contribution in [0.15, 0.2) is 84.9 Å². The number of thiocarbonyl (C=S) groups is 1. The molecule has 2 amide bonds. The first-order chi connectivity index (χ1) is 25.0.